The summed E-state index contributed by atoms with van der Waals surface area (Å²) in [5, 5.41) is 13.3. The molecule has 4 aromatic rings. The van der Waals surface area contributed by atoms with Crippen LogP contribution in [0.1, 0.15) is 21.5 Å². The molecule has 0 amide bonds. The summed E-state index contributed by atoms with van der Waals surface area (Å²) < 4.78 is 0. The lowest BCUT2D eigenvalue weighted by molar-refractivity contribution is 0.0698. The molecule has 0 saturated carbocycles. The third-order valence-corrected chi connectivity index (χ3v) is 6.21. The van der Waals surface area contributed by atoms with Crippen LogP contribution in [0.3, 0.4) is 0 Å². The van der Waals surface area contributed by atoms with Gasteiger partial charge in [-0.15, -0.1) is 11.3 Å². The van der Waals surface area contributed by atoms with E-state index in [0.29, 0.717) is 5.56 Å². The van der Waals surface area contributed by atoms with E-state index in [2.05, 4.69) is 0 Å². The molecule has 0 aliphatic carbocycles. The number of aryl methyl sites for hydroxylation is 2. The summed E-state index contributed by atoms with van der Waals surface area (Å²) in [6.07, 6.45) is 0. The molecule has 4 rings (SSSR count). The molecule has 144 valence electrons. The first-order chi connectivity index (χ1) is 13.9. The van der Waals surface area contributed by atoms with E-state index in [1.807, 2.05) is 73.8 Å². The maximum atomic E-state index is 12.0. The second kappa shape index (κ2) is 7.82. The number of aromatic carboxylic acids is 1. The number of halogens is 1. The van der Waals surface area contributed by atoms with Crippen LogP contribution in [0.5, 0.6) is 0 Å². The molecule has 1 heterocycles. The summed E-state index contributed by atoms with van der Waals surface area (Å²) in [5.74, 6) is -0.949. The molecule has 0 unspecified atom stereocenters. The normalized spacial score (nSPS) is 10.9. The molecular formula is C24H18ClNO2S. The predicted molar refractivity (Wildman–Crippen MR) is 120 cm³/mol. The summed E-state index contributed by atoms with van der Waals surface area (Å²) in [6.45, 7) is 3.94. The minimum absolute atomic E-state index is 0.274. The number of carboxylic acid groups (broad SMARTS) is 1. The number of thiazole rings is 1. The summed E-state index contributed by atoms with van der Waals surface area (Å²) in [5.41, 5.74) is 6.58. The average Bonchev–Trinajstić information content (AvgIpc) is 3.20. The van der Waals surface area contributed by atoms with Crippen LogP contribution in [0.25, 0.3) is 33.0 Å². The summed E-state index contributed by atoms with van der Waals surface area (Å²) in [6, 6.07) is 19.1. The molecular weight excluding hydrogens is 402 g/mol. The fraction of sp³-hybridized carbons (Fsp3) is 0.0833. The van der Waals surface area contributed by atoms with Crippen molar-refractivity contribution in [3.05, 3.63) is 87.8 Å². The van der Waals surface area contributed by atoms with Crippen LogP contribution in [0, 0.1) is 13.8 Å². The van der Waals surface area contributed by atoms with Crippen LogP contribution in [0.15, 0.2) is 66.0 Å². The van der Waals surface area contributed by atoms with Crippen LogP contribution in [0.2, 0.25) is 5.02 Å². The summed E-state index contributed by atoms with van der Waals surface area (Å²) >= 11 is 7.62. The molecule has 3 nitrogen and oxygen atoms in total. The van der Waals surface area contributed by atoms with Gasteiger partial charge in [-0.1, -0.05) is 54.1 Å². The predicted octanol–water partition coefficient (Wildman–Crippen LogP) is 7.11. The van der Waals surface area contributed by atoms with Gasteiger partial charge in [-0.05, 0) is 54.3 Å². The van der Waals surface area contributed by atoms with Crippen molar-refractivity contribution in [2.45, 2.75) is 13.8 Å². The highest BCUT2D eigenvalue weighted by Crippen LogP contribution is 2.34. The van der Waals surface area contributed by atoms with Crippen molar-refractivity contribution >= 4 is 28.9 Å². The Morgan fingerprint density at radius 1 is 0.931 bits per heavy atom. The molecule has 5 heteroatoms. The molecule has 0 aliphatic heterocycles. The molecule has 0 bridgehead atoms. The number of carboxylic acids is 1. The van der Waals surface area contributed by atoms with Crippen molar-refractivity contribution in [2.75, 3.05) is 0 Å². The third kappa shape index (κ3) is 3.82. The van der Waals surface area contributed by atoms with Gasteiger partial charge in [-0.25, -0.2) is 9.78 Å². The van der Waals surface area contributed by atoms with Crippen molar-refractivity contribution < 1.29 is 9.90 Å². The van der Waals surface area contributed by atoms with Crippen molar-refractivity contribution in [3.8, 4) is 33.0 Å². The zero-order valence-electron chi connectivity index (χ0n) is 15.9. The Morgan fingerprint density at radius 2 is 1.69 bits per heavy atom. The molecule has 29 heavy (non-hydrogen) atoms. The Labute approximate surface area is 178 Å². The summed E-state index contributed by atoms with van der Waals surface area (Å²) in [7, 11) is 0. The number of rotatable bonds is 4. The van der Waals surface area contributed by atoms with Crippen LogP contribution >= 0.6 is 22.9 Å². The van der Waals surface area contributed by atoms with E-state index in [4.69, 9.17) is 16.6 Å². The Balaban J connectivity index is 1.76. The van der Waals surface area contributed by atoms with Gasteiger partial charge in [0.05, 0.1) is 11.3 Å². The molecule has 0 spiro atoms. The van der Waals surface area contributed by atoms with E-state index in [-0.39, 0.29) is 5.56 Å². The van der Waals surface area contributed by atoms with E-state index < -0.39 is 5.97 Å². The van der Waals surface area contributed by atoms with Crippen molar-refractivity contribution in [1.29, 1.82) is 0 Å². The quantitative estimate of drug-likeness (QED) is 0.383. The summed E-state index contributed by atoms with van der Waals surface area (Å²) in [4.78, 5) is 16.7. The highest BCUT2D eigenvalue weighted by molar-refractivity contribution is 7.13. The Hall–Kier alpha value is -2.95. The number of nitrogens with zero attached hydrogens (tertiary/aromatic N) is 1. The second-order valence-electron chi connectivity index (χ2n) is 6.88. The third-order valence-electron chi connectivity index (χ3n) is 4.89. The van der Waals surface area contributed by atoms with Crippen molar-refractivity contribution in [2.24, 2.45) is 0 Å². The monoisotopic (exact) mass is 419 g/mol. The number of hydrogen-bond acceptors (Lipinski definition) is 3. The zero-order chi connectivity index (χ0) is 20.5. The first kappa shape index (κ1) is 19.4. The largest absolute Gasteiger partial charge is 0.478 e. The van der Waals surface area contributed by atoms with E-state index in [1.165, 1.54) is 11.3 Å². The van der Waals surface area contributed by atoms with Gasteiger partial charge >= 0.3 is 5.97 Å². The number of carbonyl (C=O) groups is 1. The van der Waals surface area contributed by atoms with Crippen molar-refractivity contribution in [3.63, 3.8) is 0 Å². The minimum Gasteiger partial charge on any atom is -0.478 e. The standard InChI is InChI=1S/C24H18ClNO2S/c1-14-5-3-4-6-18(14)19-9-7-17(12-20(19)24(27)28)23-26-22(13-29-23)16-8-10-21(25)15(2)11-16/h3-13H,1-2H3,(H,27,28). The van der Waals surface area contributed by atoms with Crippen LogP contribution in [-0.4, -0.2) is 16.1 Å². The number of hydrogen-bond donors (Lipinski definition) is 1. The number of benzene rings is 3. The van der Waals surface area contributed by atoms with E-state index in [1.54, 1.807) is 6.07 Å². The van der Waals surface area contributed by atoms with E-state index in [0.717, 1.165) is 43.5 Å². The fourth-order valence-corrected chi connectivity index (χ4v) is 4.25. The molecule has 1 N–H and O–H groups in total. The van der Waals surface area contributed by atoms with Gasteiger partial charge in [0.15, 0.2) is 0 Å². The zero-order valence-corrected chi connectivity index (χ0v) is 17.5. The molecule has 0 fully saturated rings. The van der Waals surface area contributed by atoms with E-state index in [9.17, 15) is 9.90 Å². The average molecular weight is 420 g/mol. The molecule has 0 saturated heterocycles. The molecule has 3 aromatic carbocycles. The highest BCUT2D eigenvalue weighted by atomic mass is 35.5. The first-order valence-corrected chi connectivity index (χ1v) is 10.4. The number of aromatic nitrogens is 1. The smallest absolute Gasteiger partial charge is 0.336 e. The lowest BCUT2D eigenvalue weighted by Crippen LogP contribution is -2.01. The molecule has 0 aliphatic rings. The second-order valence-corrected chi connectivity index (χ2v) is 8.15. The van der Waals surface area contributed by atoms with Crippen LogP contribution in [-0.2, 0) is 0 Å². The Bertz CT molecular complexity index is 1230. The van der Waals surface area contributed by atoms with Gasteiger partial charge < -0.3 is 5.11 Å². The van der Waals surface area contributed by atoms with Gasteiger partial charge in [0.25, 0.3) is 0 Å². The minimum atomic E-state index is -0.949. The fourth-order valence-electron chi connectivity index (χ4n) is 3.31. The van der Waals surface area contributed by atoms with Gasteiger partial charge in [0.2, 0.25) is 0 Å². The Kier molecular flexibility index (Phi) is 5.22. The molecule has 0 atom stereocenters. The first-order valence-electron chi connectivity index (χ1n) is 9.10. The maximum absolute atomic E-state index is 12.0. The van der Waals surface area contributed by atoms with Gasteiger partial charge in [0, 0.05) is 21.5 Å². The lowest BCUT2D eigenvalue weighted by atomic mass is 9.94. The van der Waals surface area contributed by atoms with Gasteiger partial charge in [-0.3, -0.25) is 0 Å². The molecule has 0 radical (unpaired) electrons. The van der Waals surface area contributed by atoms with Crippen molar-refractivity contribution in [1.82, 2.24) is 4.98 Å². The SMILES string of the molecule is Cc1cc(-c2csc(-c3ccc(-c4ccccc4C)c(C(=O)O)c3)n2)ccc1Cl. The topological polar surface area (TPSA) is 50.2 Å². The van der Waals surface area contributed by atoms with Crippen LogP contribution < -0.4 is 0 Å². The van der Waals surface area contributed by atoms with Crippen LogP contribution in [0.4, 0.5) is 0 Å². The van der Waals surface area contributed by atoms with Gasteiger partial charge in [-0.2, -0.15) is 0 Å². The lowest BCUT2D eigenvalue weighted by Gasteiger charge is -2.10. The Morgan fingerprint density at radius 3 is 2.41 bits per heavy atom. The maximum Gasteiger partial charge on any atom is 0.336 e. The van der Waals surface area contributed by atoms with E-state index >= 15 is 0 Å². The highest BCUT2D eigenvalue weighted by Gasteiger charge is 2.16. The van der Waals surface area contributed by atoms with Gasteiger partial charge in [0.1, 0.15) is 5.01 Å². The molecule has 1 aromatic heterocycles.